The lowest BCUT2D eigenvalue weighted by Gasteiger charge is -2.28. The number of benzene rings is 1. The first kappa shape index (κ1) is 13.3. The molecule has 1 saturated heterocycles. The molecule has 20 heavy (non-hydrogen) atoms. The second-order valence-electron chi connectivity index (χ2n) is 4.88. The number of aryl methyl sites for hydroxylation is 1. The second-order valence-corrected chi connectivity index (χ2v) is 5.73. The molecule has 2 heterocycles. The largest absolute Gasteiger partial charge is 0.365 e. The van der Waals surface area contributed by atoms with E-state index in [1.807, 2.05) is 18.2 Å². The first-order valence-corrected chi connectivity index (χ1v) is 7.32. The van der Waals surface area contributed by atoms with E-state index in [1.54, 1.807) is 6.33 Å². The minimum Gasteiger partial charge on any atom is -0.365 e. The highest BCUT2D eigenvalue weighted by Crippen LogP contribution is 2.22. The van der Waals surface area contributed by atoms with Crippen molar-refractivity contribution in [1.82, 2.24) is 15.3 Å². The van der Waals surface area contributed by atoms with Crippen LogP contribution in [0, 0.1) is 6.92 Å². The molecule has 1 aliphatic heterocycles. The van der Waals surface area contributed by atoms with Gasteiger partial charge >= 0.3 is 0 Å². The molecule has 0 atom stereocenters. The first-order chi connectivity index (χ1) is 9.70. The van der Waals surface area contributed by atoms with Gasteiger partial charge in [0, 0.05) is 29.3 Å². The Morgan fingerprint density at radius 2 is 2.00 bits per heavy atom. The van der Waals surface area contributed by atoms with Crippen LogP contribution in [0.15, 0.2) is 35.1 Å². The SMILES string of the molecule is Cc1cc(Nc2cc(NC3CNC3)ncn2)ccc1Br. The van der Waals surface area contributed by atoms with E-state index < -0.39 is 0 Å². The summed E-state index contributed by atoms with van der Waals surface area (Å²) >= 11 is 3.50. The lowest BCUT2D eigenvalue weighted by atomic mass is 10.2. The number of nitrogens with zero attached hydrogens (tertiary/aromatic N) is 2. The van der Waals surface area contributed by atoms with Crippen LogP contribution in [0.4, 0.5) is 17.3 Å². The number of nitrogens with one attached hydrogen (secondary N) is 3. The van der Waals surface area contributed by atoms with Crippen molar-refractivity contribution in [3.63, 3.8) is 0 Å². The Balaban J connectivity index is 1.72. The molecular weight excluding hydrogens is 318 g/mol. The summed E-state index contributed by atoms with van der Waals surface area (Å²) in [5.41, 5.74) is 2.20. The fourth-order valence-corrected chi connectivity index (χ4v) is 2.22. The van der Waals surface area contributed by atoms with Gasteiger partial charge in [-0.3, -0.25) is 0 Å². The molecule has 1 fully saturated rings. The average molecular weight is 334 g/mol. The van der Waals surface area contributed by atoms with Crippen molar-refractivity contribution in [3.05, 3.63) is 40.6 Å². The molecule has 6 heteroatoms. The molecule has 104 valence electrons. The van der Waals surface area contributed by atoms with E-state index in [2.05, 4.69) is 54.8 Å². The second kappa shape index (κ2) is 5.76. The number of rotatable bonds is 4. The summed E-state index contributed by atoms with van der Waals surface area (Å²) in [5.74, 6) is 1.64. The quantitative estimate of drug-likeness (QED) is 0.802. The van der Waals surface area contributed by atoms with E-state index in [-0.39, 0.29) is 0 Å². The van der Waals surface area contributed by atoms with Crippen LogP contribution in [0.25, 0.3) is 0 Å². The maximum absolute atomic E-state index is 4.25. The molecule has 0 spiro atoms. The van der Waals surface area contributed by atoms with Crippen molar-refractivity contribution >= 4 is 33.3 Å². The van der Waals surface area contributed by atoms with Gasteiger partial charge in [0.1, 0.15) is 18.0 Å². The fraction of sp³-hybridized carbons (Fsp3) is 0.286. The molecule has 0 saturated carbocycles. The predicted octanol–water partition coefficient (Wildman–Crippen LogP) is 2.67. The summed E-state index contributed by atoms with van der Waals surface area (Å²) in [4.78, 5) is 8.49. The number of aromatic nitrogens is 2. The van der Waals surface area contributed by atoms with Gasteiger partial charge < -0.3 is 16.0 Å². The van der Waals surface area contributed by atoms with Gasteiger partial charge in [-0.15, -0.1) is 0 Å². The molecule has 1 aliphatic rings. The van der Waals surface area contributed by atoms with Crippen molar-refractivity contribution in [2.24, 2.45) is 0 Å². The predicted molar refractivity (Wildman–Crippen MR) is 84.5 cm³/mol. The van der Waals surface area contributed by atoms with Gasteiger partial charge in [-0.05, 0) is 30.7 Å². The lowest BCUT2D eigenvalue weighted by molar-refractivity contribution is 0.471. The van der Waals surface area contributed by atoms with Crippen molar-refractivity contribution in [3.8, 4) is 0 Å². The standard InChI is InChI=1S/C14H16BrN5/c1-9-4-10(2-3-12(9)15)19-13-5-14(18-8-17-13)20-11-6-16-7-11/h2-5,8,11,16H,6-7H2,1H3,(H2,17,18,19,20). The van der Waals surface area contributed by atoms with E-state index in [0.29, 0.717) is 6.04 Å². The highest BCUT2D eigenvalue weighted by atomic mass is 79.9. The van der Waals surface area contributed by atoms with Crippen molar-refractivity contribution < 1.29 is 0 Å². The molecule has 2 aromatic rings. The third-order valence-electron chi connectivity index (χ3n) is 3.23. The van der Waals surface area contributed by atoms with Gasteiger partial charge in [0.2, 0.25) is 0 Å². The van der Waals surface area contributed by atoms with E-state index in [1.165, 1.54) is 5.56 Å². The smallest absolute Gasteiger partial charge is 0.135 e. The zero-order valence-corrected chi connectivity index (χ0v) is 12.7. The van der Waals surface area contributed by atoms with E-state index >= 15 is 0 Å². The third kappa shape index (κ3) is 3.08. The first-order valence-electron chi connectivity index (χ1n) is 6.53. The molecule has 0 amide bonds. The zero-order valence-electron chi connectivity index (χ0n) is 11.2. The van der Waals surface area contributed by atoms with E-state index in [4.69, 9.17) is 0 Å². The molecular formula is C14H16BrN5. The normalized spacial score (nSPS) is 14.7. The van der Waals surface area contributed by atoms with Crippen molar-refractivity contribution in [2.45, 2.75) is 13.0 Å². The summed E-state index contributed by atoms with van der Waals surface area (Å²) in [6.45, 7) is 4.03. The Morgan fingerprint density at radius 3 is 2.70 bits per heavy atom. The van der Waals surface area contributed by atoms with Gasteiger partial charge in [-0.1, -0.05) is 15.9 Å². The van der Waals surface area contributed by atoms with E-state index in [9.17, 15) is 0 Å². The molecule has 3 rings (SSSR count). The summed E-state index contributed by atoms with van der Waals surface area (Å²) in [5, 5.41) is 9.88. The van der Waals surface area contributed by atoms with Crippen LogP contribution in [-0.2, 0) is 0 Å². The topological polar surface area (TPSA) is 61.9 Å². The van der Waals surface area contributed by atoms with Crippen LogP contribution in [0.1, 0.15) is 5.56 Å². The number of anilines is 3. The number of hydrogen-bond donors (Lipinski definition) is 3. The Morgan fingerprint density at radius 1 is 1.20 bits per heavy atom. The Hall–Kier alpha value is -1.66. The molecule has 0 unspecified atom stereocenters. The van der Waals surface area contributed by atoms with Gasteiger partial charge in [-0.2, -0.15) is 0 Å². The maximum Gasteiger partial charge on any atom is 0.135 e. The Kier molecular flexibility index (Phi) is 3.84. The minimum absolute atomic E-state index is 0.465. The van der Waals surface area contributed by atoms with Gasteiger partial charge in [0.05, 0.1) is 6.04 Å². The molecule has 0 radical (unpaired) electrons. The molecule has 1 aromatic carbocycles. The Bertz CT molecular complexity index is 612. The monoisotopic (exact) mass is 333 g/mol. The summed E-state index contributed by atoms with van der Waals surface area (Å²) < 4.78 is 1.10. The van der Waals surface area contributed by atoms with Gasteiger partial charge in [-0.25, -0.2) is 9.97 Å². The molecule has 0 aliphatic carbocycles. The van der Waals surface area contributed by atoms with Crippen molar-refractivity contribution in [2.75, 3.05) is 23.7 Å². The molecule has 3 N–H and O–H groups in total. The van der Waals surface area contributed by atoms with Crippen LogP contribution >= 0.6 is 15.9 Å². The van der Waals surface area contributed by atoms with Crippen LogP contribution in [-0.4, -0.2) is 29.1 Å². The highest BCUT2D eigenvalue weighted by Gasteiger charge is 2.16. The lowest BCUT2D eigenvalue weighted by Crippen LogP contribution is -2.51. The minimum atomic E-state index is 0.465. The fourth-order valence-electron chi connectivity index (χ4n) is 1.97. The molecule has 5 nitrogen and oxygen atoms in total. The van der Waals surface area contributed by atoms with Crippen LogP contribution < -0.4 is 16.0 Å². The van der Waals surface area contributed by atoms with Crippen LogP contribution in [0.5, 0.6) is 0 Å². The highest BCUT2D eigenvalue weighted by molar-refractivity contribution is 9.10. The van der Waals surface area contributed by atoms with Gasteiger partial charge in [0.15, 0.2) is 0 Å². The van der Waals surface area contributed by atoms with Crippen molar-refractivity contribution in [1.29, 1.82) is 0 Å². The summed E-state index contributed by atoms with van der Waals surface area (Å²) in [6.07, 6.45) is 1.57. The summed E-state index contributed by atoms with van der Waals surface area (Å²) in [7, 11) is 0. The number of halogens is 1. The number of hydrogen-bond acceptors (Lipinski definition) is 5. The molecule has 0 bridgehead atoms. The van der Waals surface area contributed by atoms with Gasteiger partial charge in [0.25, 0.3) is 0 Å². The van der Waals surface area contributed by atoms with Crippen LogP contribution in [0.2, 0.25) is 0 Å². The third-order valence-corrected chi connectivity index (χ3v) is 4.12. The zero-order chi connectivity index (χ0) is 13.9. The average Bonchev–Trinajstić information content (AvgIpc) is 2.39. The maximum atomic E-state index is 4.25. The Labute approximate surface area is 126 Å². The summed E-state index contributed by atoms with van der Waals surface area (Å²) in [6, 6.07) is 8.51. The van der Waals surface area contributed by atoms with E-state index in [0.717, 1.165) is 34.9 Å². The van der Waals surface area contributed by atoms with Crippen LogP contribution in [0.3, 0.4) is 0 Å². The molecule has 1 aromatic heterocycles.